The number of ether oxygens (including phenoxy) is 2. The number of amides is 1. The van der Waals surface area contributed by atoms with Crippen LogP contribution in [0.3, 0.4) is 0 Å². The molecule has 5 nitrogen and oxygen atoms in total. The molecule has 0 aliphatic carbocycles. The minimum Gasteiger partial charge on any atom is -0.484 e. The first-order chi connectivity index (χ1) is 9.67. The van der Waals surface area contributed by atoms with Crippen LogP contribution in [-0.2, 0) is 16.0 Å². The van der Waals surface area contributed by atoms with Crippen LogP contribution in [-0.4, -0.2) is 39.3 Å². The molecule has 0 aliphatic heterocycles. The molecule has 20 heavy (non-hydrogen) atoms. The second-order valence-electron chi connectivity index (χ2n) is 4.28. The van der Waals surface area contributed by atoms with Crippen LogP contribution < -0.4 is 15.8 Å². The van der Waals surface area contributed by atoms with E-state index in [-0.39, 0.29) is 12.5 Å². The van der Waals surface area contributed by atoms with Gasteiger partial charge in [0.2, 0.25) is 0 Å². The molecule has 1 aromatic rings. The van der Waals surface area contributed by atoms with Gasteiger partial charge in [-0.1, -0.05) is 15.9 Å². The van der Waals surface area contributed by atoms with Crippen LogP contribution in [0.1, 0.15) is 12.0 Å². The highest BCUT2D eigenvalue weighted by molar-refractivity contribution is 9.10. The number of carbonyl (C=O) groups is 1. The highest BCUT2D eigenvalue weighted by atomic mass is 79.9. The lowest BCUT2D eigenvalue weighted by atomic mass is 10.1. The Morgan fingerprint density at radius 2 is 2.25 bits per heavy atom. The van der Waals surface area contributed by atoms with E-state index >= 15 is 0 Å². The zero-order valence-corrected chi connectivity index (χ0v) is 13.2. The van der Waals surface area contributed by atoms with Gasteiger partial charge in [0.15, 0.2) is 6.61 Å². The number of nitrogens with two attached hydrogens (primary N) is 1. The van der Waals surface area contributed by atoms with Gasteiger partial charge < -0.3 is 20.5 Å². The maximum atomic E-state index is 11.6. The highest BCUT2D eigenvalue weighted by Gasteiger charge is 2.05. The summed E-state index contributed by atoms with van der Waals surface area (Å²) >= 11 is 3.46. The summed E-state index contributed by atoms with van der Waals surface area (Å²) in [5, 5.41) is 2.77. The summed E-state index contributed by atoms with van der Waals surface area (Å²) in [4.78, 5) is 11.6. The van der Waals surface area contributed by atoms with E-state index in [4.69, 9.17) is 15.2 Å². The molecule has 1 rings (SSSR count). The van der Waals surface area contributed by atoms with E-state index in [0.29, 0.717) is 25.4 Å². The van der Waals surface area contributed by atoms with Gasteiger partial charge in [0.25, 0.3) is 5.91 Å². The molecule has 0 atom stereocenters. The molecule has 1 amide bonds. The number of carbonyl (C=O) groups excluding carboxylic acids is 1. The van der Waals surface area contributed by atoms with Crippen LogP contribution in [0.2, 0.25) is 0 Å². The Morgan fingerprint density at radius 3 is 2.95 bits per heavy atom. The lowest BCUT2D eigenvalue weighted by Crippen LogP contribution is -2.30. The monoisotopic (exact) mass is 344 g/mol. The molecule has 0 fully saturated rings. The molecule has 0 aliphatic rings. The van der Waals surface area contributed by atoms with Crippen LogP contribution >= 0.6 is 15.9 Å². The number of halogens is 1. The van der Waals surface area contributed by atoms with Crippen LogP contribution in [0.15, 0.2) is 22.7 Å². The fourth-order valence-electron chi connectivity index (χ4n) is 1.63. The van der Waals surface area contributed by atoms with E-state index in [1.807, 2.05) is 18.2 Å². The van der Waals surface area contributed by atoms with Gasteiger partial charge in [0, 0.05) is 24.7 Å². The zero-order valence-electron chi connectivity index (χ0n) is 11.7. The third-order valence-electron chi connectivity index (χ3n) is 2.65. The van der Waals surface area contributed by atoms with Gasteiger partial charge in [0.05, 0.1) is 0 Å². The minimum atomic E-state index is -0.135. The second-order valence-corrected chi connectivity index (χ2v) is 5.13. The van der Waals surface area contributed by atoms with Gasteiger partial charge in [-0.05, 0) is 43.1 Å². The van der Waals surface area contributed by atoms with Crippen molar-refractivity contribution < 1.29 is 14.3 Å². The molecule has 0 spiro atoms. The Hall–Kier alpha value is -1.11. The summed E-state index contributed by atoms with van der Waals surface area (Å²) < 4.78 is 11.4. The fraction of sp³-hybridized carbons (Fsp3) is 0.500. The summed E-state index contributed by atoms with van der Waals surface area (Å²) in [6.07, 6.45) is 1.56. The molecule has 6 heteroatoms. The van der Waals surface area contributed by atoms with Gasteiger partial charge in [-0.3, -0.25) is 4.79 Å². The topological polar surface area (TPSA) is 73.6 Å². The van der Waals surface area contributed by atoms with E-state index in [9.17, 15) is 4.79 Å². The third kappa shape index (κ3) is 6.36. The van der Waals surface area contributed by atoms with Crippen LogP contribution in [0.4, 0.5) is 0 Å². The fourth-order valence-corrected chi connectivity index (χ4v) is 2.08. The Kier molecular flexibility index (Phi) is 8.25. The number of benzene rings is 1. The molecular formula is C14H21BrN2O3. The van der Waals surface area contributed by atoms with Crippen molar-refractivity contribution in [3.8, 4) is 5.75 Å². The lowest BCUT2D eigenvalue weighted by molar-refractivity contribution is -0.123. The first-order valence-corrected chi connectivity index (χ1v) is 7.33. The maximum absolute atomic E-state index is 11.6. The molecule has 112 valence electrons. The number of nitrogens with one attached hydrogen (secondary N) is 1. The van der Waals surface area contributed by atoms with Gasteiger partial charge in [-0.2, -0.15) is 0 Å². The summed E-state index contributed by atoms with van der Waals surface area (Å²) in [6, 6.07) is 5.62. The normalized spacial score (nSPS) is 10.3. The maximum Gasteiger partial charge on any atom is 0.257 e. The van der Waals surface area contributed by atoms with Crippen LogP contribution in [0.25, 0.3) is 0 Å². The molecule has 0 saturated heterocycles. The quantitative estimate of drug-likeness (QED) is 0.665. The van der Waals surface area contributed by atoms with E-state index in [0.717, 1.165) is 22.9 Å². The average molecular weight is 345 g/mol. The van der Waals surface area contributed by atoms with Crippen LogP contribution in [0, 0.1) is 0 Å². The van der Waals surface area contributed by atoms with E-state index in [1.165, 1.54) is 0 Å². The Balaban J connectivity index is 2.37. The van der Waals surface area contributed by atoms with Crippen molar-refractivity contribution in [2.75, 3.05) is 33.4 Å². The van der Waals surface area contributed by atoms with Crippen LogP contribution in [0.5, 0.6) is 5.75 Å². The standard InChI is InChI=1S/C14H21BrN2O3/c1-19-8-2-7-17-14(18)10-20-12-3-4-13(15)11(9-12)5-6-16/h3-4,9H,2,5-8,10,16H2,1H3,(H,17,18). The molecule has 0 heterocycles. The van der Waals surface area contributed by atoms with Crippen molar-refractivity contribution in [2.24, 2.45) is 5.73 Å². The predicted molar refractivity (Wildman–Crippen MR) is 81.9 cm³/mol. The molecule has 3 N–H and O–H groups in total. The number of hydrogen-bond acceptors (Lipinski definition) is 4. The van der Waals surface area contributed by atoms with Crippen molar-refractivity contribution in [3.63, 3.8) is 0 Å². The minimum absolute atomic E-state index is 0.0106. The van der Waals surface area contributed by atoms with Gasteiger partial charge in [0.1, 0.15) is 5.75 Å². The molecule has 0 radical (unpaired) electrons. The molecule has 0 unspecified atom stereocenters. The Morgan fingerprint density at radius 1 is 1.45 bits per heavy atom. The Bertz CT molecular complexity index is 427. The molecule has 0 bridgehead atoms. The molecule has 0 aromatic heterocycles. The first-order valence-electron chi connectivity index (χ1n) is 6.54. The van der Waals surface area contributed by atoms with E-state index in [2.05, 4.69) is 21.2 Å². The Labute approximate surface area is 127 Å². The van der Waals surface area contributed by atoms with Crippen molar-refractivity contribution >= 4 is 21.8 Å². The second kappa shape index (κ2) is 9.74. The first kappa shape index (κ1) is 16.9. The summed E-state index contributed by atoms with van der Waals surface area (Å²) in [5.74, 6) is 0.535. The smallest absolute Gasteiger partial charge is 0.257 e. The zero-order chi connectivity index (χ0) is 14.8. The van der Waals surface area contributed by atoms with E-state index in [1.54, 1.807) is 7.11 Å². The van der Waals surface area contributed by atoms with Gasteiger partial charge in [-0.15, -0.1) is 0 Å². The molecule has 1 aromatic carbocycles. The number of hydrogen-bond donors (Lipinski definition) is 2. The lowest BCUT2D eigenvalue weighted by Gasteiger charge is -2.09. The number of rotatable bonds is 9. The number of methoxy groups -OCH3 is 1. The van der Waals surface area contributed by atoms with Crippen molar-refractivity contribution in [1.82, 2.24) is 5.32 Å². The third-order valence-corrected chi connectivity index (χ3v) is 3.42. The van der Waals surface area contributed by atoms with Gasteiger partial charge >= 0.3 is 0 Å². The summed E-state index contributed by atoms with van der Waals surface area (Å²) in [5.41, 5.74) is 6.62. The van der Waals surface area contributed by atoms with Crippen molar-refractivity contribution in [2.45, 2.75) is 12.8 Å². The largest absolute Gasteiger partial charge is 0.484 e. The van der Waals surface area contributed by atoms with E-state index < -0.39 is 0 Å². The highest BCUT2D eigenvalue weighted by Crippen LogP contribution is 2.22. The predicted octanol–water partition coefficient (Wildman–Crippen LogP) is 1.48. The van der Waals surface area contributed by atoms with Crippen molar-refractivity contribution in [3.05, 3.63) is 28.2 Å². The SMILES string of the molecule is COCCCNC(=O)COc1ccc(Br)c(CCN)c1. The molecule has 0 saturated carbocycles. The summed E-state index contributed by atoms with van der Waals surface area (Å²) in [6.45, 7) is 1.81. The van der Waals surface area contributed by atoms with Gasteiger partial charge in [-0.25, -0.2) is 0 Å². The summed E-state index contributed by atoms with van der Waals surface area (Å²) in [7, 11) is 1.64. The molecular weight excluding hydrogens is 324 g/mol. The average Bonchev–Trinajstić information content (AvgIpc) is 2.45. The van der Waals surface area contributed by atoms with Crippen molar-refractivity contribution in [1.29, 1.82) is 0 Å².